The number of nitroso groups, excluding NO2 is 1. The predicted octanol–water partition coefficient (Wildman–Crippen LogP) is 2.25. The number of rotatable bonds is 4. The summed E-state index contributed by atoms with van der Waals surface area (Å²) < 4.78 is 19.3. The maximum absolute atomic E-state index is 13.2. The van der Waals surface area contributed by atoms with Gasteiger partial charge in [0.1, 0.15) is 5.82 Å². The van der Waals surface area contributed by atoms with Crippen LogP contribution in [-0.4, -0.2) is 22.6 Å². The third-order valence-corrected chi connectivity index (χ3v) is 2.54. The van der Waals surface area contributed by atoms with Crippen LogP contribution in [0.25, 0.3) is 0 Å². The molecule has 0 bridgehead atoms. The zero-order valence-corrected chi connectivity index (χ0v) is 10.0. The number of nitrogens with zero attached hydrogens (tertiary/aromatic N) is 3. The summed E-state index contributed by atoms with van der Waals surface area (Å²) in [5, 5.41) is 2.69. The number of methoxy groups -OCH3 is 1. The first-order valence-electron chi connectivity index (χ1n) is 5.36. The fourth-order valence-corrected chi connectivity index (χ4v) is 1.67. The molecule has 6 nitrogen and oxygen atoms in total. The molecule has 2 aromatic rings. The Labute approximate surface area is 107 Å². The van der Waals surface area contributed by atoms with Crippen LogP contribution in [0.1, 0.15) is 15.9 Å². The first-order chi connectivity index (χ1) is 9.13. The minimum absolute atomic E-state index is 0.0433. The number of carbonyl (C=O) groups is 1. The molecule has 98 valence electrons. The van der Waals surface area contributed by atoms with Gasteiger partial charge in [-0.05, 0) is 22.9 Å². The highest BCUT2D eigenvalue weighted by molar-refractivity contribution is 5.91. The molecule has 0 aliphatic carbocycles. The molecule has 0 aliphatic rings. The summed E-state index contributed by atoms with van der Waals surface area (Å²) >= 11 is 0. The number of hydrogen-bond acceptors (Lipinski definition) is 5. The second-order valence-corrected chi connectivity index (χ2v) is 3.79. The highest BCUT2D eigenvalue weighted by atomic mass is 19.1. The Morgan fingerprint density at radius 2 is 2.32 bits per heavy atom. The summed E-state index contributed by atoms with van der Waals surface area (Å²) in [6.07, 6.45) is 2.83. The van der Waals surface area contributed by atoms with Crippen LogP contribution in [0.4, 0.5) is 10.2 Å². The molecular weight excluding hydrogens is 253 g/mol. The zero-order chi connectivity index (χ0) is 13.8. The van der Waals surface area contributed by atoms with E-state index in [4.69, 9.17) is 0 Å². The van der Waals surface area contributed by atoms with Gasteiger partial charge in [0.05, 0.1) is 25.2 Å². The van der Waals surface area contributed by atoms with Crippen LogP contribution in [0.5, 0.6) is 0 Å². The molecule has 0 fully saturated rings. The summed E-state index contributed by atoms with van der Waals surface area (Å²) in [5.74, 6) is -1.10. The summed E-state index contributed by atoms with van der Waals surface area (Å²) in [4.78, 5) is 25.6. The smallest absolute Gasteiger partial charge is 0.338 e. The highest BCUT2D eigenvalue weighted by Crippen LogP contribution is 2.15. The SMILES string of the molecule is COC(=O)c1cc(F)ccc1Cn1cnc(N=O)c1. The van der Waals surface area contributed by atoms with Gasteiger partial charge in [0.15, 0.2) is 0 Å². The van der Waals surface area contributed by atoms with Crippen LogP contribution in [0.3, 0.4) is 0 Å². The van der Waals surface area contributed by atoms with E-state index in [0.717, 1.165) is 6.07 Å². The molecule has 0 spiro atoms. The quantitative estimate of drug-likeness (QED) is 0.626. The van der Waals surface area contributed by atoms with E-state index in [1.165, 1.54) is 31.8 Å². The van der Waals surface area contributed by atoms with E-state index >= 15 is 0 Å². The minimum Gasteiger partial charge on any atom is -0.465 e. The van der Waals surface area contributed by atoms with Crippen molar-refractivity contribution in [3.63, 3.8) is 0 Å². The zero-order valence-electron chi connectivity index (χ0n) is 10.0. The van der Waals surface area contributed by atoms with Crippen molar-refractivity contribution in [3.8, 4) is 0 Å². The first kappa shape index (κ1) is 12.9. The van der Waals surface area contributed by atoms with E-state index < -0.39 is 11.8 Å². The van der Waals surface area contributed by atoms with E-state index in [2.05, 4.69) is 14.9 Å². The monoisotopic (exact) mass is 263 g/mol. The van der Waals surface area contributed by atoms with Crippen molar-refractivity contribution < 1.29 is 13.9 Å². The molecule has 0 aliphatic heterocycles. The number of hydrogen-bond donors (Lipinski definition) is 0. The van der Waals surface area contributed by atoms with Crippen LogP contribution in [0.2, 0.25) is 0 Å². The maximum Gasteiger partial charge on any atom is 0.338 e. The first-order valence-corrected chi connectivity index (χ1v) is 5.36. The van der Waals surface area contributed by atoms with Crippen molar-refractivity contribution >= 4 is 11.8 Å². The van der Waals surface area contributed by atoms with E-state index in [1.54, 1.807) is 4.57 Å². The van der Waals surface area contributed by atoms with Gasteiger partial charge in [-0.1, -0.05) is 6.07 Å². The van der Waals surface area contributed by atoms with Crippen LogP contribution < -0.4 is 0 Å². The molecule has 2 rings (SSSR count). The fourth-order valence-electron chi connectivity index (χ4n) is 1.67. The second-order valence-electron chi connectivity index (χ2n) is 3.79. The molecule has 0 N–H and O–H groups in total. The van der Waals surface area contributed by atoms with E-state index in [1.807, 2.05) is 0 Å². The number of imidazole rings is 1. The lowest BCUT2D eigenvalue weighted by atomic mass is 10.1. The van der Waals surface area contributed by atoms with E-state index in [-0.39, 0.29) is 17.9 Å². The molecule has 0 amide bonds. The van der Waals surface area contributed by atoms with Gasteiger partial charge in [0, 0.05) is 6.54 Å². The number of halogens is 1. The Balaban J connectivity index is 2.33. The lowest BCUT2D eigenvalue weighted by Crippen LogP contribution is -2.09. The normalized spacial score (nSPS) is 10.2. The van der Waals surface area contributed by atoms with Crippen LogP contribution in [0, 0.1) is 10.7 Å². The van der Waals surface area contributed by atoms with Gasteiger partial charge < -0.3 is 9.30 Å². The predicted molar refractivity (Wildman–Crippen MR) is 64.5 cm³/mol. The van der Waals surface area contributed by atoms with Crippen molar-refractivity contribution in [2.45, 2.75) is 6.54 Å². The molecule has 0 unspecified atom stereocenters. The number of benzene rings is 1. The summed E-state index contributed by atoms with van der Waals surface area (Å²) in [6.45, 7) is 0.257. The fraction of sp³-hybridized carbons (Fsp3) is 0.167. The van der Waals surface area contributed by atoms with Crippen molar-refractivity contribution in [3.05, 3.63) is 52.6 Å². The molecule has 0 saturated heterocycles. The number of aromatic nitrogens is 2. The second kappa shape index (κ2) is 5.38. The average molecular weight is 263 g/mol. The highest BCUT2D eigenvalue weighted by Gasteiger charge is 2.13. The third kappa shape index (κ3) is 2.82. The minimum atomic E-state index is -0.622. The largest absolute Gasteiger partial charge is 0.465 e. The van der Waals surface area contributed by atoms with Gasteiger partial charge in [0.2, 0.25) is 5.82 Å². The molecule has 7 heteroatoms. The molecular formula is C12H10FN3O3. The lowest BCUT2D eigenvalue weighted by molar-refractivity contribution is 0.0599. The van der Waals surface area contributed by atoms with Crippen molar-refractivity contribution in [2.75, 3.05) is 7.11 Å². The lowest BCUT2D eigenvalue weighted by Gasteiger charge is -2.08. The number of carbonyl (C=O) groups excluding carboxylic acids is 1. The van der Waals surface area contributed by atoms with Gasteiger partial charge >= 0.3 is 5.97 Å². The van der Waals surface area contributed by atoms with Gasteiger partial charge in [-0.3, -0.25) is 0 Å². The Kier molecular flexibility index (Phi) is 3.65. The molecule has 0 atom stereocenters. The van der Waals surface area contributed by atoms with Crippen LogP contribution >= 0.6 is 0 Å². The van der Waals surface area contributed by atoms with Gasteiger partial charge in [-0.15, -0.1) is 4.91 Å². The summed E-state index contributed by atoms with van der Waals surface area (Å²) in [6, 6.07) is 3.84. The average Bonchev–Trinajstić information content (AvgIpc) is 2.87. The Hall–Kier alpha value is -2.57. The topological polar surface area (TPSA) is 73.6 Å². The van der Waals surface area contributed by atoms with E-state index in [9.17, 15) is 14.1 Å². The molecule has 0 saturated carbocycles. The van der Waals surface area contributed by atoms with Gasteiger partial charge in [-0.25, -0.2) is 14.2 Å². The Morgan fingerprint density at radius 1 is 1.53 bits per heavy atom. The number of ether oxygens (including phenoxy) is 1. The standard InChI is InChI=1S/C12H10FN3O3/c1-19-12(17)10-4-9(13)3-2-8(10)5-16-6-11(15-18)14-7-16/h2-4,6-7H,5H2,1H3. The van der Waals surface area contributed by atoms with Crippen molar-refractivity contribution in [1.82, 2.24) is 9.55 Å². The number of esters is 1. The summed E-state index contributed by atoms with van der Waals surface area (Å²) in [7, 11) is 1.22. The Morgan fingerprint density at radius 3 is 2.95 bits per heavy atom. The van der Waals surface area contributed by atoms with Gasteiger partial charge in [-0.2, -0.15) is 0 Å². The van der Waals surface area contributed by atoms with Crippen molar-refractivity contribution in [1.29, 1.82) is 0 Å². The molecule has 19 heavy (non-hydrogen) atoms. The van der Waals surface area contributed by atoms with Crippen LogP contribution in [-0.2, 0) is 11.3 Å². The van der Waals surface area contributed by atoms with Gasteiger partial charge in [0.25, 0.3) is 0 Å². The maximum atomic E-state index is 13.2. The molecule has 1 aromatic carbocycles. The molecule has 1 aromatic heterocycles. The summed E-state index contributed by atoms with van der Waals surface area (Å²) in [5.41, 5.74) is 0.694. The van der Waals surface area contributed by atoms with Crippen molar-refractivity contribution in [2.24, 2.45) is 5.18 Å². The van der Waals surface area contributed by atoms with Crippen LogP contribution in [0.15, 0.2) is 35.9 Å². The van der Waals surface area contributed by atoms with E-state index in [0.29, 0.717) is 5.56 Å². The Bertz CT molecular complexity index is 624. The third-order valence-electron chi connectivity index (χ3n) is 2.54. The molecule has 1 heterocycles. The molecule has 0 radical (unpaired) electrons.